The van der Waals surface area contributed by atoms with E-state index in [0.29, 0.717) is 15.1 Å². The molecule has 1 rings (SSSR count). The van der Waals surface area contributed by atoms with Gasteiger partial charge in [-0.1, -0.05) is 0 Å². The third kappa shape index (κ3) is 2.71. The lowest BCUT2D eigenvalue weighted by Crippen LogP contribution is -2.02. The lowest BCUT2D eigenvalue weighted by molar-refractivity contribution is 0.0484. The fourth-order valence-corrected chi connectivity index (χ4v) is 1.67. The van der Waals surface area contributed by atoms with Gasteiger partial charge in [0.25, 0.3) is 0 Å². The molecule has 0 aliphatic rings. The van der Waals surface area contributed by atoms with Crippen LogP contribution in [0, 0.1) is 9.39 Å². The zero-order valence-corrected chi connectivity index (χ0v) is 10.00. The minimum Gasteiger partial charge on any atom is -0.493 e. The molecular formula is C9H10FIO3. The largest absolute Gasteiger partial charge is 0.493 e. The highest BCUT2D eigenvalue weighted by Gasteiger charge is 2.11. The molecular weight excluding hydrogens is 302 g/mol. The summed E-state index contributed by atoms with van der Waals surface area (Å²) in [6, 6.07) is 2.64. The molecule has 0 aromatic heterocycles. The molecule has 0 heterocycles. The predicted octanol–water partition coefficient (Wildman–Crippen LogP) is 2.42. The number of methoxy groups -OCH3 is 2. The Morgan fingerprint density at radius 2 is 2.07 bits per heavy atom. The summed E-state index contributed by atoms with van der Waals surface area (Å²) < 4.78 is 28.6. The van der Waals surface area contributed by atoms with Crippen LogP contribution in [0.2, 0.25) is 0 Å². The first kappa shape index (κ1) is 11.5. The van der Waals surface area contributed by atoms with Gasteiger partial charge in [-0.2, -0.15) is 0 Å². The van der Waals surface area contributed by atoms with Crippen LogP contribution in [0.4, 0.5) is 4.39 Å². The number of halogens is 2. The summed E-state index contributed by atoms with van der Waals surface area (Å²) in [6.45, 7) is 0.109. The van der Waals surface area contributed by atoms with Crippen LogP contribution >= 0.6 is 22.6 Å². The second kappa shape index (κ2) is 5.35. The highest BCUT2D eigenvalue weighted by molar-refractivity contribution is 14.1. The highest BCUT2D eigenvalue weighted by atomic mass is 127. The van der Waals surface area contributed by atoms with E-state index in [9.17, 15) is 4.39 Å². The molecule has 0 radical (unpaired) electrons. The first-order valence-electron chi connectivity index (χ1n) is 3.83. The number of hydrogen-bond acceptors (Lipinski definition) is 3. The van der Waals surface area contributed by atoms with Crippen LogP contribution in [0.25, 0.3) is 0 Å². The van der Waals surface area contributed by atoms with Crippen molar-refractivity contribution >= 4 is 22.6 Å². The Kier molecular flexibility index (Phi) is 4.40. The molecule has 0 N–H and O–H groups in total. The smallest absolute Gasteiger partial charge is 0.188 e. The summed E-state index contributed by atoms with van der Waals surface area (Å²) in [5.74, 6) is 0.513. The second-order valence-electron chi connectivity index (χ2n) is 2.47. The van der Waals surface area contributed by atoms with E-state index in [1.54, 1.807) is 0 Å². The van der Waals surface area contributed by atoms with Crippen LogP contribution < -0.4 is 9.47 Å². The van der Waals surface area contributed by atoms with E-state index >= 15 is 0 Å². The van der Waals surface area contributed by atoms with Crippen LogP contribution in [0.5, 0.6) is 11.5 Å². The van der Waals surface area contributed by atoms with Crippen molar-refractivity contribution < 1.29 is 18.6 Å². The summed E-state index contributed by atoms with van der Waals surface area (Å²) >= 11 is 1.97. The Labute approximate surface area is 95.3 Å². The van der Waals surface area contributed by atoms with Crippen molar-refractivity contribution in [3.05, 3.63) is 21.5 Å². The molecule has 1 aromatic carbocycles. The van der Waals surface area contributed by atoms with E-state index in [2.05, 4.69) is 0 Å². The first-order valence-corrected chi connectivity index (χ1v) is 4.91. The number of benzene rings is 1. The van der Waals surface area contributed by atoms with Crippen LogP contribution in [0.15, 0.2) is 12.1 Å². The fraction of sp³-hybridized carbons (Fsp3) is 0.333. The Morgan fingerprint density at radius 1 is 1.36 bits per heavy atom. The summed E-state index contributed by atoms with van der Waals surface area (Å²) in [7, 11) is 2.98. The van der Waals surface area contributed by atoms with Crippen molar-refractivity contribution in [1.82, 2.24) is 0 Å². The van der Waals surface area contributed by atoms with Crippen LogP contribution in [-0.4, -0.2) is 21.0 Å². The van der Waals surface area contributed by atoms with Gasteiger partial charge in [0.05, 0.1) is 10.7 Å². The molecule has 0 spiro atoms. The lowest BCUT2D eigenvalue weighted by Gasteiger charge is -2.11. The standard InChI is InChI=1S/C9H10FIO3/c1-12-5-14-9-7(11)3-6(10)4-8(9)13-2/h3-4H,5H2,1-2H3. The van der Waals surface area contributed by atoms with E-state index in [0.717, 1.165) is 0 Å². The molecule has 0 fully saturated rings. The number of ether oxygens (including phenoxy) is 3. The Balaban J connectivity index is 2.99. The van der Waals surface area contributed by atoms with E-state index < -0.39 is 0 Å². The molecule has 0 saturated carbocycles. The van der Waals surface area contributed by atoms with Gasteiger partial charge >= 0.3 is 0 Å². The molecule has 14 heavy (non-hydrogen) atoms. The Bertz CT molecular complexity index is 317. The van der Waals surface area contributed by atoms with Crippen molar-refractivity contribution in [3.8, 4) is 11.5 Å². The molecule has 5 heteroatoms. The SMILES string of the molecule is COCOc1c(I)cc(F)cc1OC. The zero-order valence-electron chi connectivity index (χ0n) is 7.84. The molecule has 0 aliphatic heterocycles. The summed E-state index contributed by atoms with van der Waals surface area (Å²) in [5, 5.41) is 0. The number of hydrogen-bond donors (Lipinski definition) is 0. The Hall–Kier alpha value is -0.560. The normalized spacial score (nSPS) is 10.0. The summed E-state index contributed by atoms with van der Waals surface area (Å²) in [4.78, 5) is 0. The molecule has 78 valence electrons. The van der Waals surface area contributed by atoms with Gasteiger partial charge in [-0.25, -0.2) is 4.39 Å². The fourth-order valence-electron chi connectivity index (χ4n) is 0.946. The maximum Gasteiger partial charge on any atom is 0.188 e. The minimum absolute atomic E-state index is 0.109. The van der Waals surface area contributed by atoms with Crippen molar-refractivity contribution in [2.75, 3.05) is 21.0 Å². The molecule has 0 saturated heterocycles. The van der Waals surface area contributed by atoms with E-state index in [-0.39, 0.29) is 12.6 Å². The second-order valence-corrected chi connectivity index (χ2v) is 3.63. The molecule has 0 amide bonds. The molecule has 0 atom stereocenters. The molecule has 0 bridgehead atoms. The van der Waals surface area contributed by atoms with Crippen LogP contribution in [0.1, 0.15) is 0 Å². The van der Waals surface area contributed by atoms with Crippen LogP contribution in [0.3, 0.4) is 0 Å². The Morgan fingerprint density at radius 3 is 2.64 bits per heavy atom. The average Bonchev–Trinajstić information content (AvgIpc) is 2.15. The average molecular weight is 312 g/mol. The molecule has 3 nitrogen and oxygen atoms in total. The van der Waals surface area contributed by atoms with Crippen molar-refractivity contribution in [2.24, 2.45) is 0 Å². The van der Waals surface area contributed by atoms with Crippen molar-refractivity contribution in [3.63, 3.8) is 0 Å². The zero-order chi connectivity index (χ0) is 10.6. The van der Waals surface area contributed by atoms with Crippen LogP contribution in [-0.2, 0) is 4.74 Å². The number of rotatable bonds is 4. The van der Waals surface area contributed by atoms with Gasteiger partial charge < -0.3 is 14.2 Å². The maximum absolute atomic E-state index is 12.9. The minimum atomic E-state index is -0.351. The molecule has 0 aliphatic carbocycles. The van der Waals surface area contributed by atoms with Gasteiger partial charge in [0.1, 0.15) is 5.82 Å². The van der Waals surface area contributed by atoms with Crippen molar-refractivity contribution in [2.45, 2.75) is 0 Å². The van der Waals surface area contributed by atoms with Gasteiger partial charge in [-0.3, -0.25) is 0 Å². The maximum atomic E-state index is 12.9. The van der Waals surface area contributed by atoms with Gasteiger partial charge in [0, 0.05) is 13.2 Å². The van der Waals surface area contributed by atoms with E-state index in [1.165, 1.54) is 26.4 Å². The van der Waals surface area contributed by atoms with Gasteiger partial charge in [0.2, 0.25) is 0 Å². The topological polar surface area (TPSA) is 27.7 Å². The summed E-state index contributed by atoms with van der Waals surface area (Å²) in [5.41, 5.74) is 0. The molecule has 1 aromatic rings. The summed E-state index contributed by atoms with van der Waals surface area (Å²) in [6.07, 6.45) is 0. The third-order valence-electron chi connectivity index (χ3n) is 1.52. The van der Waals surface area contributed by atoms with E-state index in [1.807, 2.05) is 22.6 Å². The van der Waals surface area contributed by atoms with Gasteiger partial charge in [0.15, 0.2) is 18.3 Å². The van der Waals surface area contributed by atoms with Crippen molar-refractivity contribution in [1.29, 1.82) is 0 Å². The van der Waals surface area contributed by atoms with Gasteiger partial charge in [-0.15, -0.1) is 0 Å². The predicted molar refractivity (Wildman–Crippen MR) is 58.2 cm³/mol. The highest BCUT2D eigenvalue weighted by Crippen LogP contribution is 2.33. The monoisotopic (exact) mass is 312 g/mol. The third-order valence-corrected chi connectivity index (χ3v) is 2.32. The lowest BCUT2D eigenvalue weighted by atomic mass is 10.3. The van der Waals surface area contributed by atoms with E-state index in [4.69, 9.17) is 14.2 Å². The quantitative estimate of drug-likeness (QED) is 0.631. The first-order chi connectivity index (χ1) is 6.69. The van der Waals surface area contributed by atoms with Gasteiger partial charge in [-0.05, 0) is 28.7 Å². The molecule has 0 unspecified atom stereocenters.